The van der Waals surface area contributed by atoms with Gasteiger partial charge in [0.2, 0.25) is 0 Å². The van der Waals surface area contributed by atoms with E-state index in [4.69, 9.17) is 4.74 Å². The Morgan fingerprint density at radius 3 is 2.38 bits per heavy atom. The van der Waals surface area contributed by atoms with Gasteiger partial charge < -0.3 is 25.2 Å². The van der Waals surface area contributed by atoms with Crippen LogP contribution in [-0.2, 0) is 4.74 Å². The van der Waals surface area contributed by atoms with Gasteiger partial charge in [0.15, 0.2) is 0 Å². The number of nitrogens with zero attached hydrogens (tertiary/aromatic N) is 5. The lowest BCUT2D eigenvalue weighted by molar-refractivity contribution is 0.0240. The second-order valence-corrected chi connectivity index (χ2v) is 9.40. The summed E-state index contributed by atoms with van der Waals surface area (Å²) in [7, 11) is 0. The van der Waals surface area contributed by atoms with Crippen LogP contribution in [0.25, 0.3) is 0 Å². The lowest BCUT2D eigenvalue weighted by atomic mass is 10.2. The van der Waals surface area contributed by atoms with Gasteiger partial charge in [-0.3, -0.25) is 0 Å². The minimum atomic E-state index is -0.474. The molecule has 2 aliphatic rings. The number of anilines is 4. The zero-order valence-electron chi connectivity index (χ0n) is 19.2. The van der Waals surface area contributed by atoms with Gasteiger partial charge in [0.1, 0.15) is 29.4 Å². The summed E-state index contributed by atoms with van der Waals surface area (Å²) in [4.78, 5) is 29.4. The van der Waals surface area contributed by atoms with Crippen LogP contribution in [0.3, 0.4) is 0 Å². The number of hydrogen-bond acceptors (Lipinski definition) is 8. The summed E-state index contributed by atoms with van der Waals surface area (Å²) in [5, 5.41) is 6.74. The average Bonchev–Trinajstić information content (AvgIpc) is 3.27. The summed E-state index contributed by atoms with van der Waals surface area (Å²) in [6.45, 7) is 8.41. The Morgan fingerprint density at radius 1 is 1.00 bits per heavy atom. The van der Waals surface area contributed by atoms with Gasteiger partial charge in [-0.2, -0.15) is 0 Å². The van der Waals surface area contributed by atoms with Crippen molar-refractivity contribution in [1.29, 1.82) is 0 Å². The van der Waals surface area contributed by atoms with Gasteiger partial charge >= 0.3 is 6.09 Å². The maximum atomic E-state index is 12.2. The quantitative estimate of drug-likeness (QED) is 0.721. The van der Waals surface area contributed by atoms with Crippen LogP contribution < -0.4 is 15.5 Å². The Morgan fingerprint density at radius 2 is 1.72 bits per heavy atom. The third kappa shape index (κ3) is 5.99. The molecule has 0 radical (unpaired) electrons. The van der Waals surface area contributed by atoms with Gasteiger partial charge in [0.25, 0.3) is 0 Å². The molecule has 2 N–H and O–H groups in total. The number of ether oxygens (including phenoxy) is 1. The molecule has 3 heterocycles. The Balaban J connectivity index is 1.30. The third-order valence-electron chi connectivity index (χ3n) is 5.67. The summed E-state index contributed by atoms with van der Waals surface area (Å²) >= 11 is 0. The zero-order valence-corrected chi connectivity index (χ0v) is 19.2. The van der Waals surface area contributed by atoms with Crippen molar-refractivity contribution in [1.82, 2.24) is 19.9 Å². The number of carbonyl (C=O) groups is 1. The first-order chi connectivity index (χ1) is 15.4. The fourth-order valence-electron chi connectivity index (χ4n) is 4.04. The Kier molecular flexibility index (Phi) is 6.62. The summed E-state index contributed by atoms with van der Waals surface area (Å²) in [6, 6.07) is 6.41. The monoisotopic (exact) mass is 439 g/mol. The molecule has 0 atom stereocenters. The van der Waals surface area contributed by atoms with Crippen LogP contribution in [0.2, 0.25) is 0 Å². The molecule has 4 rings (SSSR count). The van der Waals surface area contributed by atoms with Gasteiger partial charge in [-0.1, -0.05) is 12.8 Å². The van der Waals surface area contributed by atoms with Crippen molar-refractivity contribution in [2.24, 2.45) is 0 Å². The summed E-state index contributed by atoms with van der Waals surface area (Å²) < 4.78 is 5.47. The normalized spacial score (nSPS) is 17.3. The Labute approximate surface area is 189 Å². The average molecular weight is 440 g/mol. The number of pyridine rings is 1. The fourth-order valence-corrected chi connectivity index (χ4v) is 4.04. The van der Waals surface area contributed by atoms with Crippen molar-refractivity contribution in [3.8, 4) is 0 Å². The van der Waals surface area contributed by atoms with E-state index in [1.807, 2.05) is 45.2 Å². The number of piperazine rings is 1. The van der Waals surface area contributed by atoms with Gasteiger partial charge in [0.05, 0.1) is 11.9 Å². The fraction of sp³-hybridized carbons (Fsp3) is 0.565. The number of rotatable bonds is 5. The molecule has 1 saturated carbocycles. The number of carbonyl (C=O) groups excluding carboxylic acids is 1. The molecular weight excluding hydrogens is 406 g/mol. The summed E-state index contributed by atoms with van der Waals surface area (Å²) in [5.74, 6) is 2.28. The molecule has 1 saturated heterocycles. The van der Waals surface area contributed by atoms with Crippen LogP contribution in [0.5, 0.6) is 0 Å². The zero-order chi connectivity index (χ0) is 22.6. The van der Waals surface area contributed by atoms with E-state index in [9.17, 15) is 4.79 Å². The molecule has 9 heteroatoms. The lowest BCUT2D eigenvalue weighted by Gasteiger charge is -2.36. The predicted octanol–water partition coefficient (Wildman–Crippen LogP) is 4.03. The second-order valence-electron chi connectivity index (χ2n) is 9.40. The predicted molar refractivity (Wildman–Crippen MR) is 125 cm³/mol. The van der Waals surface area contributed by atoms with E-state index in [-0.39, 0.29) is 6.09 Å². The van der Waals surface area contributed by atoms with Gasteiger partial charge in [-0.05, 0) is 45.7 Å². The topological polar surface area (TPSA) is 95.5 Å². The van der Waals surface area contributed by atoms with Crippen molar-refractivity contribution in [2.45, 2.75) is 58.1 Å². The van der Waals surface area contributed by atoms with Crippen molar-refractivity contribution in [3.05, 3.63) is 30.7 Å². The molecule has 0 spiro atoms. The van der Waals surface area contributed by atoms with Crippen molar-refractivity contribution in [3.63, 3.8) is 0 Å². The van der Waals surface area contributed by atoms with Crippen LogP contribution in [0, 0.1) is 0 Å². The molecule has 1 aliphatic carbocycles. The second kappa shape index (κ2) is 9.58. The van der Waals surface area contributed by atoms with Crippen molar-refractivity contribution >= 4 is 29.2 Å². The van der Waals surface area contributed by atoms with Crippen LogP contribution in [0.1, 0.15) is 46.5 Å². The molecule has 1 aliphatic heterocycles. The van der Waals surface area contributed by atoms with Crippen LogP contribution in [-0.4, -0.2) is 63.8 Å². The standard InChI is InChI=1S/C23H33N7O2/c1-23(2,3)32-22(31)30-12-10-29(11-13-30)18-8-9-19(24-15-18)28-21-14-20(25-16-26-21)27-17-6-4-5-7-17/h8-9,14-17H,4-7,10-13H2,1-3H3,(H2,24,25,26,27,28). The van der Waals surface area contributed by atoms with Crippen LogP contribution >= 0.6 is 0 Å². The highest BCUT2D eigenvalue weighted by Gasteiger charge is 2.26. The maximum Gasteiger partial charge on any atom is 0.410 e. The van der Waals surface area contributed by atoms with Crippen LogP contribution in [0.4, 0.5) is 27.9 Å². The lowest BCUT2D eigenvalue weighted by Crippen LogP contribution is -2.50. The van der Waals surface area contributed by atoms with E-state index in [1.165, 1.54) is 25.7 Å². The molecular formula is C23H33N7O2. The van der Waals surface area contributed by atoms with Crippen molar-refractivity contribution in [2.75, 3.05) is 41.7 Å². The molecule has 9 nitrogen and oxygen atoms in total. The Bertz CT molecular complexity index is 899. The number of hydrogen-bond donors (Lipinski definition) is 2. The third-order valence-corrected chi connectivity index (χ3v) is 5.67. The van der Waals surface area contributed by atoms with Gasteiger partial charge in [0, 0.05) is 38.3 Å². The van der Waals surface area contributed by atoms with Gasteiger partial charge in [-0.15, -0.1) is 0 Å². The molecule has 2 aromatic heterocycles. The summed E-state index contributed by atoms with van der Waals surface area (Å²) in [5.41, 5.74) is 0.559. The number of nitrogens with one attached hydrogen (secondary N) is 2. The molecule has 0 unspecified atom stereocenters. The molecule has 172 valence electrons. The molecule has 0 aromatic carbocycles. The van der Waals surface area contributed by atoms with E-state index in [0.29, 0.717) is 24.9 Å². The molecule has 2 aromatic rings. The molecule has 2 fully saturated rings. The maximum absolute atomic E-state index is 12.2. The first kappa shape index (κ1) is 22.1. The smallest absolute Gasteiger partial charge is 0.410 e. The molecule has 0 bridgehead atoms. The minimum Gasteiger partial charge on any atom is -0.444 e. The van der Waals surface area contributed by atoms with E-state index in [1.54, 1.807) is 11.2 Å². The van der Waals surface area contributed by atoms with Crippen molar-refractivity contribution < 1.29 is 9.53 Å². The molecule has 1 amide bonds. The highest BCUT2D eigenvalue weighted by molar-refractivity contribution is 5.68. The van der Waals surface area contributed by atoms with E-state index in [2.05, 4.69) is 30.5 Å². The Hall–Kier alpha value is -3.10. The highest BCUT2D eigenvalue weighted by Crippen LogP contribution is 2.23. The minimum absolute atomic E-state index is 0.249. The highest BCUT2D eigenvalue weighted by atomic mass is 16.6. The first-order valence-electron chi connectivity index (χ1n) is 11.4. The number of aromatic nitrogens is 3. The van der Waals surface area contributed by atoms with E-state index in [0.717, 1.165) is 30.4 Å². The molecule has 32 heavy (non-hydrogen) atoms. The first-order valence-corrected chi connectivity index (χ1v) is 11.4. The largest absolute Gasteiger partial charge is 0.444 e. The van der Waals surface area contributed by atoms with Crippen LogP contribution in [0.15, 0.2) is 30.7 Å². The van der Waals surface area contributed by atoms with Gasteiger partial charge in [-0.25, -0.2) is 19.7 Å². The van der Waals surface area contributed by atoms with E-state index < -0.39 is 5.60 Å². The summed E-state index contributed by atoms with van der Waals surface area (Å²) in [6.07, 6.45) is 8.12. The van der Waals surface area contributed by atoms with E-state index >= 15 is 0 Å². The SMILES string of the molecule is CC(C)(C)OC(=O)N1CCN(c2ccc(Nc3cc(NC4CCCC4)ncn3)nc2)CC1. The number of amides is 1.